The Morgan fingerprint density at radius 3 is 2.77 bits per heavy atom. The molecule has 26 heavy (non-hydrogen) atoms. The highest BCUT2D eigenvalue weighted by Crippen LogP contribution is 2.32. The number of benzene rings is 1. The maximum atomic E-state index is 13.8. The van der Waals surface area contributed by atoms with Crippen LogP contribution < -0.4 is 0 Å². The van der Waals surface area contributed by atoms with Gasteiger partial charge in [0.2, 0.25) is 15.9 Å². The fourth-order valence-corrected chi connectivity index (χ4v) is 4.97. The average molecular weight is 397 g/mol. The Morgan fingerprint density at radius 2 is 2.08 bits per heavy atom. The Kier molecular flexibility index (Phi) is 4.33. The van der Waals surface area contributed by atoms with Gasteiger partial charge in [-0.2, -0.15) is 9.29 Å². The predicted molar refractivity (Wildman–Crippen MR) is 89.3 cm³/mol. The first-order valence-electron chi connectivity index (χ1n) is 7.73. The number of hydrogen-bond donors (Lipinski definition) is 0. The zero-order valence-corrected chi connectivity index (χ0v) is 14.9. The van der Waals surface area contributed by atoms with Crippen LogP contribution in [0.2, 0.25) is 0 Å². The third-order valence-electron chi connectivity index (χ3n) is 4.11. The molecule has 1 fully saturated rings. The number of nitrogens with zero attached hydrogens (tertiary/aromatic N) is 3. The van der Waals surface area contributed by atoms with Gasteiger partial charge in [0.25, 0.3) is 0 Å². The van der Waals surface area contributed by atoms with Gasteiger partial charge in [-0.25, -0.2) is 17.2 Å². The summed E-state index contributed by atoms with van der Waals surface area (Å²) in [6.07, 6.45) is 0.552. The van der Waals surface area contributed by atoms with Crippen molar-refractivity contribution in [1.82, 2.24) is 14.4 Å². The molecule has 3 heterocycles. The normalized spacial score (nSPS) is 15.9. The first-order chi connectivity index (χ1) is 12.4. The zero-order valence-electron chi connectivity index (χ0n) is 13.3. The Bertz CT molecular complexity index is 1030. The zero-order chi connectivity index (χ0) is 18.3. The van der Waals surface area contributed by atoms with Gasteiger partial charge in [0.1, 0.15) is 16.5 Å². The SMILES string of the molecule is O=S(=O)(c1ccc(F)cc1F)N1CC(c2nc(Cc3cccs3)no2)C1. The third kappa shape index (κ3) is 3.15. The molecule has 0 bridgehead atoms. The van der Waals surface area contributed by atoms with Crippen molar-refractivity contribution in [2.75, 3.05) is 13.1 Å². The van der Waals surface area contributed by atoms with E-state index in [2.05, 4.69) is 10.1 Å². The smallest absolute Gasteiger partial charge is 0.246 e. The van der Waals surface area contributed by atoms with Crippen molar-refractivity contribution in [2.45, 2.75) is 17.2 Å². The number of thiophene rings is 1. The molecule has 1 aliphatic heterocycles. The topological polar surface area (TPSA) is 76.3 Å². The van der Waals surface area contributed by atoms with Gasteiger partial charge in [-0.05, 0) is 23.6 Å². The first-order valence-corrected chi connectivity index (χ1v) is 10.1. The molecule has 2 aromatic heterocycles. The van der Waals surface area contributed by atoms with E-state index in [0.717, 1.165) is 21.3 Å². The molecule has 1 aliphatic rings. The van der Waals surface area contributed by atoms with Crippen LogP contribution in [0.1, 0.15) is 22.5 Å². The van der Waals surface area contributed by atoms with E-state index in [4.69, 9.17) is 4.52 Å². The van der Waals surface area contributed by atoms with Crippen molar-refractivity contribution >= 4 is 21.4 Å². The van der Waals surface area contributed by atoms with Gasteiger partial charge < -0.3 is 4.52 Å². The second-order valence-corrected chi connectivity index (χ2v) is 8.84. The van der Waals surface area contributed by atoms with Crippen molar-refractivity contribution in [3.05, 3.63) is 63.9 Å². The maximum absolute atomic E-state index is 13.8. The molecule has 136 valence electrons. The van der Waals surface area contributed by atoms with Crippen LogP contribution in [0.4, 0.5) is 8.78 Å². The second-order valence-electron chi connectivity index (χ2n) is 5.90. The summed E-state index contributed by atoms with van der Waals surface area (Å²) < 4.78 is 58.0. The summed E-state index contributed by atoms with van der Waals surface area (Å²) in [5.74, 6) is -1.27. The molecular formula is C16H13F2N3O3S2. The Labute approximate surface area is 152 Å². The van der Waals surface area contributed by atoms with Gasteiger partial charge in [0, 0.05) is 30.5 Å². The van der Waals surface area contributed by atoms with E-state index in [1.54, 1.807) is 11.3 Å². The van der Waals surface area contributed by atoms with Gasteiger partial charge in [-0.1, -0.05) is 11.2 Å². The lowest BCUT2D eigenvalue weighted by atomic mass is 10.0. The summed E-state index contributed by atoms with van der Waals surface area (Å²) in [5.41, 5.74) is 0. The van der Waals surface area contributed by atoms with E-state index in [1.807, 2.05) is 17.5 Å². The van der Waals surface area contributed by atoms with Gasteiger partial charge >= 0.3 is 0 Å². The lowest BCUT2D eigenvalue weighted by molar-refractivity contribution is 0.216. The Hall–Kier alpha value is -2.17. The molecule has 6 nitrogen and oxygen atoms in total. The standard InChI is InChI=1S/C16H13F2N3O3S2/c17-11-3-4-14(13(18)6-11)26(22,23)21-8-10(9-21)16-19-15(20-24-16)7-12-2-1-5-25-12/h1-6,10H,7-9H2. The molecule has 1 aromatic carbocycles. The first kappa shape index (κ1) is 17.3. The van der Waals surface area contributed by atoms with Crippen LogP contribution in [0.15, 0.2) is 45.1 Å². The van der Waals surface area contributed by atoms with E-state index in [1.165, 1.54) is 0 Å². The average Bonchev–Trinajstić information content (AvgIpc) is 3.18. The van der Waals surface area contributed by atoms with Gasteiger partial charge in [-0.3, -0.25) is 0 Å². The van der Waals surface area contributed by atoms with Crippen molar-refractivity contribution in [3.8, 4) is 0 Å². The number of aromatic nitrogens is 2. The minimum absolute atomic E-state index is 0.111. The maximum Gasteiger partial charge on any atom is 0.246 e. The van der Waals surface area contributed by atoms with Gasteiger partial charge in [-0.15, -0.1) is 11.3 Å². The number of halogens is 2. The van der Waals surface area contributed by atoms with Crippen molar-refractivity contribution in [3.63, 3.8) is 0 Å². The second kappa shape index (κ2) is 6.53. The molecule has 3 aromatic rings. The third-order valence-corrected chi connectivity index (χ3v) is 6.85. The minimum atomic E-state index is -4.02. The fourth-order valence-electron chi connectivity index (χ4n) is 2.69. The largest absolute Gasteiger partial charge is 0.339 e. The summed E-state index contributed by atoms with van der Waals surface area (Å²) in [4.78, 5) is 4.87. The molecule has 10 heteroatoms. The molecule has 0 unspecified atom stereocenters. The molecule has 4 rings (SSSR count). The van der Waals surface area contributed by atoms with Gasteiger partial charge in [0.05, 0.1) is 5.92 Å². The Balaban J connectivity index is 1.44. The number of sulfonamides is 1. The predicted octanol–water partition coefficient (Wildman–Crippen LogP) is 2.79. The highest BCUT2D eigenvalue weighted by molar-refractivity contribution is 7.89. The summed E-state index contributed by atoms with van der Waals surface area (Å²) in [7, 11) is -4.02. The highest BCUT2D eigenvalue weighted by atomic mass is 32.2. The lowest BCUT2D eigenvalue weighted by Crippen LogP contribution is -2.48. The van der Waals surface area contributed by atoms with Crippen LogP contribution in [0.3, 0.4) is 0 Å². The summed E-state index contributed by atoms with van der Waals surface area (Å²) >= 11 is 1.59. The van der Waals surface area contributed by atoms with E-state index < -0.39 is 26.6 Å². The van der Waals surface area contributed by atoms with Crippen LogP contribution in [0.25, 0.3) is 0 Å². The van der Waals surface area contributed by atoms with Crippen LogP contribution in [0, 0.1) is 11.6 Å². The monoisotopic (exact) mass is 397 g/mol. The van der Waals surface area contributed by atoms with E-state index in [-0.39, 0.29) is 19.0 Å². The highest BCUT2D eigenvalue weighted by Gasteiger charge is 2.41. The van der Waals surface area contributed by atoms with Crippen LogP contribution >= 0.6 is 11.3 Å². The molecule has 0 N–H and O–H groups in total. The summed E-state index contributed by atoms with van der Waals surface area (Å²) in [5, 5.41) is 5.87. The molecule has 0 radical (unpaired) electrons. The van der Waals surface area contributed by atoms with Crippen molar-refractivity contribution in [2.24, 2.45) is 0 Å². The van der Waals surface area contributed by atoms with E-state index in [0.29, 0.717) is 24.2 Å². The summed E-state index contributed by atoms with van der Waals surface area (Å²) in [6, 6.07) is 6.31. The number of rotatable bonds is 5. The molecule has 0 atom stereocenters. The van der Waals surface area contributed by atoms with Crippen molar-refractivity contribution < 1.29 is 21.7 Å². The van der Waals surface area contributed by atoms with E-state index >= 15 is 0 Å². The molecule has 0 aliphatic carbocycles. The van der Waals surface area contributed by atoms with Crippen molar-refractivity contribution in [1.29, 1.82) is 0 Å². The molecule has 0 amide bonds. The summed E-state index contributed by atoms with van der Waals surface area (Å²) in [6.45, 7) is 0.222. The fraction of sp³-hybridized carbons (Fsp3) is 0.250. The molecular weight excluding hydrogens is 384 g/mol. The molecule has 1 saturated heterocycles. The quantitative estimate of drug-likeness (QED) is 0.662. The van der Waals surface area contributed by atoms with Crippen LogP contribution in [-0.4, -0.2) is 36.0 Å². The Morgan fingerprint density at radius 1 is 1.27 bits per heavy atom. The number of hydrogen-bond acceptors (Lipinski definition) is 6. The minimum Gasteiger partial charge on any atom is -0.339 e. The van der Waals surface area contributed by atoms with Crippen LogP contribution in [-0.2, 0) is 16.4 Å². The molecule has 0 saturated carbocycles. The molecule has 0 spiro atoms. The van der Waals surface area contributed by atoms with Crippen LogP contribution in [0.5, 0.6) is 0 Å². The van der Waals surface area contributed by atoms with Gasteiger partial charge in [0.15, 0.2) is 5.82 Å². The lowest BCUT2D eigenvalue weighted by Gasteiger charge is -2.35. The van der Waals surface area contributed by atoms with E-state index in [9.17, 15) is 17.2 Å².